The number of nitrogens with zero attached hydrogens (tertiary/aromatic N) is 1. The van der Waals surface area contributed by atoms with Gasteiger partial charge >= 0.3 is 5.97 Å². The van der Waals surface area contributed by atoms with Crippen molar-refractivity contribution >= 4 is 5.97 Å². The van der Waals surface area contributed by atoms with E-state index in [1.807, 2.05) is 0 Å². The summed E-state index contributed by atoms with van der Waals surface area (Å²) in [5.41, 5.74) is 0.0880. The van der Waals surface area contributed by atoms with Crippen molar-refractivity contribution in [2.45, 2.75) is 31.5 Å². The van der Waals surface area contributed by atoms with Crippen molar-refractivity contribution in [3.63, 3.8) is 0 Å². The highest BCUT2D eigenvalue weighted by atomic mass is 16.5. The molecule has 0 saturated heterocycles. The zero-order valence-corrected chi connectivity index (χ0v) is 8.67. The van der Waals surface area contributed by atoms with Gasteiger partial charge in [-0.15, -0.1) is 0 Å². The molecule has 2 rings (SSSR count). The normalized spacial score (nSPS) is 24.3. The highest BCUT2D eigenvalue weighted by Gasteiger charge is 2.27. The predicted molar refractivity (Wildman–Crippen MR) is 55.5 cm³/mol. The summed E-state index contributed by atoms with van der Waals surface area (Å²) in [5.74, 6) is -0.643. The molecule has 2 atom stereocenters. The highest BCUT2D eigenvalue weighted by Crippen LogP contribution is 2.24. The number of pyridine rings is 1. The largest absolute Gasteiger partial charge is 0.486 e. The van der Waals surface area contributed by atoms with E-state index in [0.717, 1.165) is 19.3 Å². The summed E-state index contributed by atoms with van der Waals surface area (Å²) < 4.78 is 5.50. The van der Waals surface area contributed by atoms with Crippen LogP contribution in [0.25, 0.3) is 0 Å². The van der Waals surface area contributed by atoms with Gasteiger partial charge in [0.25, 0.3) is 0 Å². The van der Waals surface area contributed by atoms with Gasteiger partial charge in [-0.05, 0) is 25.3 Å². The number of ether oxygens (including phenoxy) is 1. The number of hydrogen-bond donors (Lipinski definition) is 2. The second kappa shape index (κ2) is 4.49. The molecule has 5 heteroatoms. The minimum atomic E-state index is -1.04. The van der Waals surface area contributed by atoms with Crippen molar-refractivity contribution in [1.29, 1.82) is 0 Å². The van der Waals surface area contributed by atoms with E-state index in [0.29, 0.717) is 5.75 Å². The molecule has 2 N–H and O–H groups in total. The average Bonchev–Trinajstić information content (AvgIpc) is 2.65. The molecule has 0 radical (unpaired) electrons. The van der Waals surface area contributed by atoms with Crippen LogP contribution in [-0.2, 0) is 0 Å². The standard InChI is InChI=1S/C11H13NO4/c13-9-2-1-3-10(9)16-8-4-7(11(14)15)5-12-6-8/h4-6,9-10,13H,1-3H2,(H,14,15). The topological polar surface area (TPSA) is 79.7 Å². The number of aromatic carboxylic acids is 1. The number of aliphatic hydroxyl groups excluding tert-OH is 1. The number of carboxylic acids is 1. The summed E-state index contributed by atoms with van der Waals surface area (Å²) in [5, 5.41) is 18.3. The van der Waals surface area contributed by atoms with Crippen LogP contribution in [0.3, 0.4) is 0 Å². The first kappa shape index (κ1) is 10.9. The molecule has 1 aliphatic rings. The summed E-state index contributed by atoms with van der Waals surface area (Å²) in [4.78, 5) is 14.5. The lowest BCUT2D eigenvalue weighted by Gasteiger charge is -2.16. The maximum atomic E-state index is 10.7. The molecule has 86 valence electrons. The Morgan fingerprint density at radius 2 is 2.25 bits per heavy atom. The molecule has 0 amide bonds. The maximum Gasteiger partial charge on any atom is 0.337 e. The van der Waals surface area contributed by atoms with Crippen LogP contribution in [0.1, 0.15) is 29.6 Å². The van der Waals surface area contributed by atoms with Crippen LogP contribution in [0, 0.1) is 0 Å². The van der Waals surface area contributed by atoms with Crippen molar-refractivity contribution < 1.29 is 19.7 Å². The summed E-state index contributed by atoms with van der Waals surface area (Å²) in [7, 11) is 0. The monoisotopic (exact) mass is 223 g/mol. The van der Waals surface area contributed by atoms with Gasteiger partial charge in [0.15, 0.2) is 0 Å². The minimum absolute atomic E-state index is 0.0880. The SMILES string of the molecule is O=C(O)c1cncc(OC2CCCC2O)c1. The summed E-state index contributed by atoms with van der Waals surface area (Å²) >= 11 is 0. The molecule has 1 aromatic rings. The number of aromatic nitrogens is 1. The van der Waals surface area contributed by atoms with E-state index in [-0.39, 0.29) is 11.7 Å². The second-order valence-electron chi connectivity index (χ2n) is 3.87. The highest BCUT2D eigenvalue weighted by molar-refractivity contribution is 5.87. The van der Waals surface area contributed by atoms with Crippen LogP contribution in [0.15, 0.2) is 18.5 Å². The third-order valence-electron chi connectivity index (χ3n) is 2.67. The van der Waals surface area contributed by atoms with E-state index in [2.05, 4.69) is 4.98 Å². The van der Waals surface area contributed by atoms with Gasteiger partial charge in [-0.1, -0.05) is 0 Å². The van der Waals surface area contributed by atoms with E-state index in [4.69, 9.17) is 9.84 Å². The van der Waals surface area contributed by atoms with Gasteiger partial charge in [-0.2, -0.15) is 0 Å². The van der Waals surface area contributed by atoms with Crippen molar-refractivity contribution in [3.05, 3.63) is 24.0 Å². The summed E-state index contributed by atoms with van der Waals surface area (Å²) in [6.45, 7) is 0. The van der Waals surface area contributed by atoms with Crippen LogP contribution in [0.2, 0.25) is 0 Å². The molecule has 1 aromatic heterocycles. The molecule has 0 aliphatic heterocycles. The molecular weight excluding hydrogens is 210 g/mol. The number of aliphatic hydroxyl groups is 1. The number of rotatable bonds is 3. The number of carboxylic acid groups (broad SMARTS) is 1. The zero-order chi connectivity index (χ0) is 11.5. The van der Waals surface area contributed by atoms with E-state index < -0.39 is 12.1 Å². The molecule has 16 heavy (non-hydrogen) atoms. The van der Waals surface area contributed by atoms with E-state index in [9.17, 15) is 9.90 Å². The number of carbonyl (C=O) groups is 1. The molecule has 5 nitrogen and oxygen atoms in total. The Hall–Kier alpha value is -1.62. The van der Waals surface area contributed by atoms with Crippen LogP contribution in [-0.4, -0.2) is 33.4 Å². The Morgan fingerprint density at radius 1 is 1.44 bits per heavy atom. The molecule has 1 aliphatic carbocycles. The Labute approximate surface area is 92.7 Å². The first-order valence-corrected chi connectivity index (χ1v) is 5.20. The van der Waals surface area contributed by atoms with Gasteiger partial charge in [0.05, 0.1) is 17.9 Å². The van der Waals surface area contributed by atoms with Crippen molar-refractivity contribution in [1.82, 2.24) is 4.98 Å². The smallest absolute Gasteiger partial charge is 0.337 e. The van der Waals surface area contributed by atoms with Crippen LogP contribution >= 0.6 is 0 Å². The Kier molecular flexibility index (Phi) is 3.05. The quantitative estimate of drug-likeness (QED) is 0.801. The third kappa shape index (κ3) is 2.30. The Balaban J connectivity index is 2.09. The fourth-order valence-electron chi connectivity index (χ4n) is 1.82. The summed E-state index contributed by atoms with van der Waals surface area (Å²) in [6, 6.07) is 1.42. The fraction of sp³-hybridized carbons (Fsp3) is 0.455. The van der Waals surface area contributed by atoms with Crippen molar-refractivity contribution in [3.8, 4) is 5.75 Å². The lowest BCUT2D eigenvalue weighted by Crippen LogP contribution is -2.25. The molecule has 2 unspecified atom stereocenters. The van der Waals surface area contributed by atoms with E-state index in [1.165, 1.54) is 18.5 Å². The van der Waals surface area contributed by atoms with Gasteiger partial charge in [0.1, 0.15) is 11.9 Å². The van der Waals surface area contributed by atoms with Gasteiger partial charge in [-0.25, -0.2) is 4.79 Å². The average molecular weight is 223 g/mol. The molecule has 1 heterocycles. The van der Waals surface area contributed by atoms with Gasteiger partial charge in [0, 0.05) is 6.20 Å². The van der Waals surface area contributed by atoms with Crippen molar-refractivity contribution in [2.24, 2.45) is 0 Å². The van der Waals surface area contributed by atoms with E-state index in [1.54, 1.807) is 0 Å². The molecular formula is C11H13NO4. The second-order valence-corrected chi connectivity index (χ2v) is 3.87. The maximum absolute atomic E-state index is 10.7. The lowest BCUT2D eigenvalue weighted by molar-refractivity contribution is 0.0597. The van der Waals surface area contributed by atoms with E-state index >= 15 is 0 Å². The molecule has 0 bridgehead atoms. The molecule has 0 aromatic carbocycles. The predicted octanol–water partition coefficient (Wildman–Crippen LogP) is 1.07. The molecule has 0 spiro atoms. The fourth-order valence-corrected chi connectivity index (χ4v) is 1.82. The van der Waals surface area contributed by atoms with Gasteiger partial charge < -0.3 is 14.9 Å². The van der Waals surface area contributed by atoms with Crippen LogP contribution in [0.5, 0.6) is 5.75 Å². The third-order valence-corrected chi connectivity index (χ3v) is 2.67. The first-order chi connectivity index (χ1) is 7.66. The Bertz CT molecular complexity index is 393. The molecule has 1 saturated carbocycles. The minimum Gasteiger partial charge on any atom is -0.486 e. The number of hydrogen-bond acceptors (Lipinski definition) is 4. The van der Waals surface area contributed by atoms with Crippen LogP contribution in [0.4, 0.5) is 0 Å². The summed E-state index contributed by atoms with van der Waals surface area (Å²) in [6.07, 6.45) is 4.46. The van der Waals surface area contributed by atoms with Crippen LogP contribution < -0.4 is 4.74 Å². The molecule has 1 fully saturated rings. The van der Waals surface area contributed by atoms with Gasteiger partial charge in [0.2, 0.25) is 0 Å². The zero-order valence-electron chi connectivity index (χ0n) is 8.67. The Morgan fingerprint density at radius 3 is 2.88 bits per heavy atom. The van der Waals surface area contributed by atoms with Crippen molar-refractivity contribution in [2.75, 3.05) is 0 Å². The van der Waals surface area contributed by atoms with Gasteiger partial charge in [-0.3, -0.25) is 4.98 Å². The first-order valence-electron chi connectivity index (χ1n) is 5.20. The lowest BCUT2D eigenvalue weighted by atomic mass is 10.2.